The van der Waals surface area contributed by atoms with Gasteiger partial charge in [0.25, 0.3) is 0 Å². The maximum absolute atomic E-state index is 12.7. The number of alkyl halides is 3. The molecular weight excluding hydrogens is 327 g/mol. The van der Waals surface area contributed by atoms with Gasteiger partial charge in [-0.2, -0.15) is 13.2 Å². The van der Waals surface area contributed by atoms with E-state index in [0.717, 1.165) is 12.1 Å². The summed E-state index contributed by atoms with van der Waals surface area (Å²) in [6, 6.07) is 11.1. The Labute approximate surface area is 136 Å². The average molecular weight is 340 g/mol. The molecule has 120 valence electrons. The first-order valence-corrected chi connectivity index (χ1v) is 7.06. The van der Waals surface area contributed by atoms with Crippen LogP contribution in [0, 0.1) is 0 Å². The van der Waals surface area contributed by atoms with E-state index in [1.165, 1.54) is 18.2 Å². The number of allylic oxidation sites excluding steroid dienone is 2. The zero-order valence-corrected chi connectivity index (χ0v) is 12.9. The number of hydrogen-bond acceptors (Lipinski definition) is 2. The summed E-state index contributed by atoms with van der Waals surface area (Å²) in [5.41, 5.74) is 0.390. The van der Waals surface area contributed by atoms with Crippen LogP contribution in [0.5, 0.6) is 0 Å². The lowest BCUT2D eigenvalue weighted by atomic mass is 10.1. The molecule has 0 aromatic heterocycles. The van der Waals surface area contributed by atoms with Gasteiger partial charge in [0.2, 0.25) is 0 Å². The molecule has 0 saturated carbocycles. The lowest BCUT2D eigenvalue weighted by molar-refractivity contribution is -0.137. The van der Waals surface area contributed by atoms with Crippen molar-refractivity contribution in [2.75, 3.05) is 5.32 Å². The molecule has 6 heteroatoms. The third-order valence-electron chi connectivity index (χ3n) is 3.01. The molecule has 0 heterocycles. The summed E-state index contributed by atoms with van der Waals surface area (Å²) in [7, 11) is 0. The maximum Gasteiger partial charge on any atom is 0.416 e. The Hall–Kier alpha value is -2.27. The fourth-order valence-corrected chi connectivity index (χ4v) is 2.06. The molecule has 2 aromatic rings. The quantitative estimate of drug-likeness (QED) is 0.584. The second-order valence-corrected chi connectivity index (χ2v) is 5.34. The van der Waals surface area contributed by atoms with E-state index >= 15 is 0 Å². The fraction of sp³-hybridized carbons (Fsp3) is 0.118. The van der Waals surface area contributed by atoms with Crippen LogP contribution in [0.15, 0.2) is 60.3 Å². The van der Waals surface area contributed by atoms with Gasteiger partial charge in [0.05, 0.1) is 5.56 Å². The van der Waals surface area contributed by atoms with Gasteiger partial charge in [-0.25, -0.2) is 0 Å². The highest BCUT2D eigenvalue weighted by Crippen LogP contribution is 2.30. The van der Waals surface area contributed by atoms with Gasteiger partial charge in [-0.15, -0.1) is 0 Å². The summed E-state index contributed by atoms with van der Waals surface area (Å²) < 4.78 is 38.0. The Morgan fingerprint density at radius 2 is 1.78 bits per heavy atom. The monoisotopic (exact) mass is 339 g/mol. The Kier molecular flexibility index (Phi) is 5.11. The van der Waals surface area contributed by atoms with E-state index < -0.39 is 11.7 Å². The van der Waals surface area contributed by atoms with E-state index in [1.807, 2.05) is 0 Å². The smallest absolute Gasteiger partial charge is 0.359 e. The van der Waals surface area contributed by atoms with Crippen molar-refractivity contribution < 1.29 is 18.0 Å². The largest absolute Gasteiger partial charge is 0.416 e. The number of rotatable bonds is 4. The van der Waals surface area contributed by atoms with Gasteiger partial charge < -0.3 is 5.32 Å². The molecule has 23 heavy (non-hydrogen) atoms. The normalized spacial score (nSPS) is 12.1. The molecule has 0 aliphatic rings. The highest BCUT2D eigenvalue weighted by molar-refractivity contribution is 6.30. The SMILES string of the molecule is C/C(=C\C(=O)c1ccc(Cl)cc1)Nc1cccc(C(F)(F)F)c1. The lowest BCUT2D eigenvalue weighted by Crippen LogP contribution is -2.06. The minimum atomic E-state index is -4.41. The van der Waals surface area contributed by atoms with Crippen LogP contribution in [-0.4, -0.2) is 5.78 Å². The second-order valence-electron chi connectivity index (χ2n) is 4.90. The third kappa shape index (κ3) is 4.86. The van der Waals surface area contributed by atoms with Crippen molar-refractivity contribution in [2.24, 2.45) is 0 Å². The fourth-order valence-electron chi connectivity index (χ4n) is 1.93. The highest BCUT2D eigenvalue weighted by Gasteiger charge is 2.30. The number of halogens is 4. The molecule has 2 rings (SSSR count). The molecular formula is C17H13ClF3NO. The molecule has 0 saturated heterocycles. The Morgan fingerprint density at radius 1 is 1.13 bits per heavy atom. The molecule has 2 nitrogen and oxygen atoms in total. The maximum atomic E-state index is 12.7. The van der Waals surface area contributed by atoms with Gasteiger partial charge >= 0.3 is 6.18 Å². The first-order valence-electron chi connectivity index (χ1n) is 6.68. The molecule has 1 N–H and O–H groups in total. The van der Waals surface area contributed by atoms with Gasteiger partial charge in [0.1, 0.15) is 0 Å². The number of anilines is 1. The molecule has 0 amide bonds. The second kappa shape index (κ2) is 6.87. The van der Waals surface area contributed by atoms with Gasteiger partial charge in [-0.1, -0.05) is 17.7 Å². The number of carbonyl (C=O) groups is 1. The predicted octanol–water partition coefficient (Wildman–Crippen LogP) is 5.56. The minimum Gasteiger partial charge on any atom is -0.359 e. The topological polar surface area (TPSA) is 29.1 Å². The van der Waals surface area contributed by atoms with Gasteiger partial charge in [-0.05, 0) is 49.4 Å². The molecule has 0 aliphatic carbocycles. The summed E-state index contributed by atoms with van der Waals surface area (Å²) >= 11 is 5.75. The van der Waals surface area contributed by atoms with E-state index in [1.54, 1.807) is 31.2 Å². The number of benzene rings is 2. The number of ketones is 1. The first-order chi connectivity index (χ1) is 10.8. The van der Waals surface area contributed by atoms with Crippen LogP contribution >= 0.6 is 11.6 Å². The van der Waals surface area contributed by atoms with Crippen LogP contribution in [0.3, 0.4) is 0 Å². The van der Waals surface area contributed by atoms with Crippen LogP contribution in [0.2, 0.25) is 5.02 Å². The number of hydrogen-bond donors (Lipinski definition) is 1. The Bertz CT molecular complexity index is 736. The summed E-state index contributed by atoms with van der Waals surface area (Å²) in [6.07, 6.45) is -3.09. The van der Waals surface area contributed by atoms with Crippen LogP contribution in [-0.2, 0) is 6.18 Å². The predicted molar refractivity (Wildman–Crippen MR) is 84.6 cm³/mol. The standard InChI is InChI=1S/C17H13ClF3NO/c1-11(9-16(23)12-5-7-14(18)8-6-12)22-15-4-2-3-13(10-15)17(19,20)21/h2-10,22H,1H3/b11-9+. The molecule has 2 aromatic carbocycles. The number of carbonyl (C=O) groups excluding carboxylic acids is 1. The van der Waals surface area contributed by atoms with Gasteiger partial charge in [-0.3, -0.25) is 4.79 Å². The van der Waals surface area contributed by atoms with E-state index in [0.29, 0.717) is 16.3 Å². The summed E-state index contributed by atoms with van der Waals surface area (Å²) in [5.74, 6) is -0.265. The Morgan fingerprint density at radius 3 is 2.39 bits per heavy atom. The van der Waals surface area contributed by atoms with E-state index in [9.17, 15) is 18.0 Å². The molecule has 0 radical (unpaired) electrons. The van der Waals surface area contributed by atoms with Crippen LogP contribution in [0.4, 0.5) is 18.9 Å². The highest BCUT2D eigenvalue weighted by atomic mass is 35.5. The molecule has 0 aliphatic heterocycles. The van der Waals surface area contributed by atoms with Crippen molar-refractivity contribution in [1.82, 2.24) is 0 Å². The van der Waals surface area contributed by atoms with Gasteiger partial charge in [0.15, 0.2) is 5.78 Å². The van der Waals surface area contributed by atoms with Crippen LogP contribution in [0.25, 0.3) is 0 Å². The van der Waals surface area contributed by atoms with Gasteiger partial charge in [0, 0.05) is 28.0 Å². The third-order valence-corrected chi connectivity index (χ3v) is 3.26. The van der Waals surface area contributed by atoms with Crippen LogP contribution < -0.4 is 5.32 Å². The van der Waals surface area contributed by atoms with E-state index in [-0.39, 0.29) is 11.5 Å². The summed E-state index contributed by atoms with van der Waals surface area (Å²) in [6.45, 7) is 1.61. The van der Waals surface area contributed by atoms with Crippen molar-refractivity contribution in [3.8, 4) is 0 Å². The zero-order valence-electron chi connectivity index (χ0n) is 12.1. The zero-order chi connectivity index (χ0) is 17.0. The minimum absolute atomic E-state index is 0.262. The molecule has 0 fully saturated rings. The molecule has 0 unspecified atom stereocenters. The van der Waals surface area contributed by atoms with Crippen molar-refractivity contribution >= 4 is 23.1 Å². The molecule has 0 atom stereocenters. The van der Waals surface area contributed by atoms with Crippen molar-refractivity contribution in [3.05, 3.63) is 76.5 Å². The van der Waals surface area contributed by atoms with Crippen LogP contribution in [0.1, 0.15) is 22.8 Å². The van der Waals surface area contributed by atoms with Crippen molar-refractivity contribution in [3.63, 3.8) is 0 Å². The summed E-state index contributed by atoms with van der Waals surface area (Å²) in [4.78, 5) is 12.0. The van der Waals surface area contributed by atoms with Crippen molar-refractivity contribution in [1.29, 1.82) is 0 Å². The summed E-state index contributed by atoms with van der Waals surface area (Å²) in [5, 5.41) is 3.30. The Balaban J connectivity index is 2.13. The average Bonchev–Trinajstić information content (AvgIpc) is 2.47. The van der Waals surface area contributed by atoms with E-state index in [2.05, 4.69) is 5.32 Å². The molecule has 0 spiro atoms. The van der Waals surface area contributed by atoms with E-state index in [4.69, 9.17) is 11.6 Å². The first kappa shape index (κ1) is 17.1. The molecule has 0 bridgehead atoms. The lowest BCUT2D eigenvalue weighted by Gasteiger charge is -2.10. The number of nitrogens with one attached hydrogen (secondary N) is 1. The van der Waals surface area contributed by atoms with Crippen molar-refractivity contribution in [2.45, 2.75) is 13.1 Å².